The topological polar surface area (TPSA) is 75.4 Å². The molecule has 1 saturated carbocycles. The standard InChI is InChI=1S/C13H26N2O2/c1-2-11(14)9-12(16)15-10-13(17)7-5-3-4-6-8-13/h11,17H,2-10,14H2,1H3,(H,15,16). The highest BCUT2D eigenvalue weighted by atomic mass is 16.3. The number of rotatable bonds is 5. The summed E-state index contributed by atoms with van der Waals surface area (Å²) in [5.74, 6) is -0.0444. The molecule has 1 aliphatic rings. The van der Waals surface area contributed by atoms with E-state index in [2.05, 4.69) is 5.32 Å². The van der Waals surface area contributed by atoms with E-state index >= 15 is 0 Å². The maximum absolute atomic E-state index is 11.6. The summed E-state index contributed by atoms with van der Waals surface area (Å²) in [6.07, 6.45) is 7.25. The first-order valence-electron chi connectivity index (χ1n) is 6.80. The molecule has 4 nitrogen and oxygen atoms in total. The van der Waals surface area contributed by atoms with Crippen LogP contribution in [0.3, 0.4) is 0 Å². The molecule has 0 saturated heterocycles. The molecule has 0 aliphatic heterocycles. The molecule has 1 atom stereocenters. The number of carbonyl (C=O) groups is 1. The summed E-state index contributed by atoms with van der Waals surface area (Å²) in [6.45, 7) is 2.35. The lowest BCUT2D eigenvalue weighted by Crippen LogP contribution is -2.43. The van der Waals surface area contributed by atoms with Gasteiger partial charge in [-0.3, -0.25) is 4.79 Å². The van der Waals surface area contributed by atoms with Crippen molar-refractivity contribution >= 4 is 5.91 Å². The molecule has 0 aromatic carbocycles. The number of hydrogen-bond donors (Lipinski definition) is 3. The second-order valence-electron chi connectivity index (χ2n) is 5.29. The van der Waals surface area contributed by atoms with Gasteiger partial charge in [0, 0.05) is 19.0 Å². The number of nitrogens with two attached hydrogens (primary N) is 1. The van der Waals surface area contributed by atoms with Crippen molar-refractivity contribution in [1.29, 1.82) is 0 Å². The monoisotopic (exact) mass is 242 g/mol. The molecule has 0 aromatic rings. The fourth-order valence-corrected chi connectivity index (χ4v) is 2.28. The van der Waals surface area contributed by atoms with Crippen LogP contribution in [0.25, 0.3) is 0 Å². The lowest BCUT2D eigenvalue weighted by Gasteiger charge is -2.27. The molecule has 100 valence electrons. The Labute approximate surface area is 104 Å². The molecule has 1 fully saturated rings. The van der Waals surface area contributed by atoms with E-state index < -0.39 is 5.60 Å². The summed E-state index contributed by atoms with van der Waals surface area (Å²) in [4.78, 5) is 11.6. The van der Waals surface area contributed by atoms with Crippen LogP contribution in [0.5, 0.6) is 0 Å². The number of nitrogens with one attached hydrogen (secondary N) is 1. The van der Waals surface area contributed by atoms with Crippen molar-refractivity contribution in [2.24, 2.45) is 5.73 Å². The van der Waals surface area contributed by atoms with E-state index in [1.807, 2.05) is 6.92 Å². The summed E-state index contributed by atoms with van der Waals surface area (Å²) >= 11 is 0. The van der Waals surface area contributed by atoms with Gasteiger partial charge in [-0.15, -0.1) is 0 Å². The van der Waals surface area contributed by atoms with E-state index in [9.17, 15) is 9.90 Å². The van der Waals surface area contributed by atoms with Gasteiger partial charge in [-0.05, 0) is 19.3 Å². The first-order valence-corrected chi connectivity index (χ1v) is 6.80. The maximum atomic E-state index is 11.6. The molecule has 0 heterocycles. The first-order chi connectivity index (χ1) is 8.06. The van der Waals surface area contributed by atoms with Crippen molar-refractivity contribution in [3.63, 3.8) is 0 Å². The van der Waals surface area contributed by atoms with Gasteiger partial charge in [0.25, 0.3) is 0 Å². The Kier molecular flexibility index (Phi) is 5.92. The van der Waals surface area contributed by atoms with Crippen molar-refractivity contribution in [2.45, 2.75) is 69.9 Å². The average molecular weight is 242 g/mol. The average Bonchev–Trinajstić information content (AvgIpc) is 2.52. The van der Waals surface area contributed by atoms with E-state index in [0.29, 0.717) is 13.0 Å². The molecule has 0 spiro atoms. The molecule has 4 heteroatoms. The zero-order chi connectivity index (χ0) is 12.7. The van der Waals surface area contributed by atoms with Gasteiger partial charge in [-0.2, -0.15) is 0 Å². The second-order valence-corrected chi connectivity index (χ2v) is 5.29. The molecule has 0 radical (unpaired) electrons. The van der Waals surface area contributed by atoms with Crippen LogP contribution < -0.4 is 11.1 Å². The van der Waals surface area contributed by atoms with E-state index in [4.69, 9.17) is 5.73 Å². The lowest BCUT2D eigenvalue weighted by atomic mass is 9.94. The van der Waals surface area contributed by atoms with Crippen LogP contribution in [0.4, 0.5) is 0 Å². The summed E-state index contributed by atoms with van der Waals surface area (Å²) in [5, 5.41) is 13.2. The molecule has 0 bridgehead atoms. The molecule has 0 aromatic heterocycles. The van der Waals surface area contributed by atoms with Gasteiger partial charge >= 0.3 is 0 Å². The van der Waals surface area contributed by atoms with Crippen LogP contribution in [0.15, 0.2) is 0 Å². The Morgan fingerprint density at radius 3 is 2.47 bits per heavy atom. The van der Waals surface area contributed by atoms with Crippen molar-refractivity contribution < 1.29 is 9.90 Å². The predicted molar refractivity (Wildman–Crippen MR) is 68.5 cm³/mol. The van der Waals surface area contributed by atoms with Crippen LogP contribution in [0.1, 0.15) is 58.3 Å². The van der Waals surface area contributed by atoms with E-state index in [1.165, 1.54) is 12.8 Å². The van der Waals surface area contributed by atoms with Gasteiger partial charge in [0.15, 0.2) is 0 Å². The first kappa shape index (κ1) is 14.5. The maximum Gasteiger partial charge on any atom is 0.221 e. The zero-order valence-corrected chi connectivity index (χ0v) is 10.9. The molecular formula is C13H26N2O2. The molecule has 4 N–H and O–H groups in total. The van der Waals surface area contributed by atoms with Crippen molar-refractivity contribution in [3.05, 3.63) is 0 Å². The van der Waals surface area contributed by atoms with Crippen LogP contribution in [-0.4, -0.2) is 29.2 Å². The Morgan fingerprint density at radius 1 is 1.35 bits per heavy atom. The van der Waals surface area contributed by atoms with Crippen LogP contribution in [0, 0.1) is 0 Å². The Morgan fingerprint density at radius 2 is 1.94 bits per heavy atom. The fourth-order valence-electron chi connectivity index (χ4n) is 2.28. The number of hydrogen-bond acceptors (Lipinski definition) is 3. The van der Waals surface area contributed by atoms with Gasteiger partial charge in [0.1, 0.15) is 0 Å². The van der Waals surface area contributed by atoms with Crippen LogP contribution in [0.2, 0.25) is 0 Å². The van der Waals surface area contributed by atoms with Crippen molar-refractivity contribution in [1.82, 2.24) is 5.32 Å². The highest BCUT2D eigenvalue weighted by Gasteiger charge is 2.28. The molecular weight excluding hydrogens is 216 g/mol. The summed E-state index contributed by atoms with van der Waals surface area (Å²) in [5.41, 5.74) is 5.03. The largest absolute Gasteiger partial charge is 0.388 e. The third-order valence-electron chi connectivity index (χ3n) is 3.62. The summed E-state index contributed by atoms with van der Waals surface area (Å²) in [7, 11) is 0. The van der Waals surface area contributed by atoms with E-state index in [0.717, 1.165) is 32.1 Å². The SMILES string of the molecule is CCC(N)CC(=O)NCC1(O)CCCCCC1. The molecule has 17 heavy (non-hydrogen) atoms. The third kappa shape index (κ3) is 5.50. The molecule has 1 rings (SSSR count). The zero-order valence-electron chi connectivity index (χ0n) is 10.9. The van der Waals surface area contributed by atoms with Gasteiger partial charge in [-0.1, -0.05) is 32.6 Å². The number of amides is 1. The predicted octanol–water partition coefficient (Wildman–Crippen LogP) is 1.32. The van der Waals surface area contributed by atoms with Gasteiger partial charge in [0.05, 0.1) is 5.60 Å². The van der Waals surface area contributed by atoms with Gasteiger partial charge in [-0.25, -0.2) is 0 Å². The highest BCUT2D eigenvalue weighted by Crippen LogP contribution is 2.26. The fraction of sp³-hybridized carbons (Fsp3) is 0.923. The third-order valence-corrected chi connectivity index (χ3v) is 3.62. The van der Waals surface area contributed by atoms with E-state index in [-0.39, 0.29) is 11.9 Å². The minimum Gasteiger partial charge on any atom is -0.388 e. The normalized spacial score (nSPS) is 21.6. The Balaban J connectivity index is 2.30. The number of aliphatic hydroxyl groups is 1. The minimum atomic E-state index is -0.692. The smallest absolute Gasteiger partial charge is 0.221 e. The summed E-state index contributed by atoms with van der Waals surface area (Å²) < 4.78 is 0. The lowest BCUT2D eigenvalue weighted by molar-refractivity contribution is -0.122. The summed E-state index contributed by atoms with van der Waals surface area (Å²) in [6, 6.07) is -0.0706. The van der Waals surface area contributed by atoms with Crippen LogP contribution >= 0.6 is 0 Å². The second kappa shape index (κ2) is 6.97. The quantitative estimate of drug-likeness (QED) is 0.636. The Hall–Kier alpha value is -0.610. The van der Waals surface area contributed by atoms with Gasteiger partial charge in [0.2, 0.25) is 5.91 Å². The Bertz CT molecular complexity index is 236. The van der Waals surface area contributed by atoms with Gasteiger partial charge < -0.3 is 16.2 Å². The van der Waals surface area contributed by atoms with Crippen LogP contribution in [-0.2, 0) is 4.79 Å². The molecule has 1 unspecified atom stereocenters. The van der Waals surface area contributed by atoms with Crippen molar-refractivity contribution in [2.75, 3.05) is 6.54 Å². The minimum absolute atomic E-state index is 0.0444. The van der Waals surface area contributed by atoms with Crippen molar-refractivity contribution in [3.8, 4) is 0 Å². The molecule has 1 amide bonds. The van der Waals surface area contributed by atoms with E-state index in [1.54, 1.807) is 0 Å². The highest BCUT2D eigenvalue weighted by molar-refractivity contribution is 5.76. The molecule has 1 aliphatic carbocycles. The number of carbonyl (C=O) groups excluding carboxylic acids is 1.